The highest BCUT2D eigenvalue weighted by Gasteiger charge is 2.12. The van der Waals surface area contributed by atoms with Crippen molar-refractivity contribution in [3.63, 3.8) is 0 Å². The van der Waals surface area contributed by atoms with Crippen molar-refractivity contribution >= 4 is 0 Å². The van der Waals surface area contributed by atoms with Gasteiger partial charge in [0, 0.05) is 18.3 Å². The summed E-state index contributed by atoms with van der Waals surface area (Å²) >= 11 is 0. The van der Waals surface area contributed by atoms with Crippen molar-refractivity contribution in [2.75, 3.05) is 7.05 Å². The lowest BCUT2D eigenvalue weighted by Crippen LogP contribution is -2.38. The minimum atomic E-state index is -0.297. The van der Waals surface area contributed by atoms with E-state index in [1.54, 1.807) is 0 Å². The van der Waals surface area contributed by atoms with Crippen molar-refractivity contribution < 1.29 is 0 Å². The van der Waals surface area contributed by atoms with Crippen LogP contribution in [0.15, 0.2) is 12.3 Å². The first kappa shape index (κ1) is 7.50. The molecule has 0 saturated carbocycles. The molecule has 0 heterocycles. The molecule has 0 fully saturated rings. The average Bonchev–Trinajstić information content (AvgIpc) is 1.62. The van der Waals surface area contributed by atoms with Crippen LogP contribution in [0.1, 0.15) is 13.8 Å². The quantitative estimate of drug-likeness (QED) is 0.547. The fourth-order valence-electron chi connectivity index (χ4n) is 0.322. The zero-order valence-electron chi connectivity index (χ0n) is 5.78. The van der Waals surface area contributed by atoms with E-state index in [-0.39, 0.29) is 5.54 Å². The standard InChI is InChI=1S/C6H14N2/c1-5(8-4)6(2,3)7/h8H,1,7H2,2-4H3. The van der Waals surface area contributed by atoms with E-state index in [1.807, 2.05) is 20.9 Å². The van der Waals surface area contributed by atoms with Crippen LogP contribution in [0, 0.1) is 0 Å². The highest BCUT2D eigenvalue weighted by atomic mass is 14.9. The van der Waals surface area contributed by atoms with E-state index in [2.05, 4.69) is 11.9 Å². The second-order valence-corrected chi connectivity index (χ2v) is 2.45. The number of nitrogens with one attached hydrogen (secondary N) is 1. The van der Waals surface area contributed by atoms with Crippen LogP contribution in [-0.2, 0) is 0 Å². The molecule has 2 nitrogen and oxygen atoms in total. The molecule has 0 rings (SSSR count). The van der Waals surface area contributed by atoms with Crippen molar-refractivity contribution in [2.45, 2.75) is 19.4 Å². The molecule has 0 spiro atoms. The number of hydrogen-bond acceptors (Lipinski definition) is 2. The van der Waals surface area contributed by atoms with E-state index in [0.29, 0.717) is 0 Å². The van der Waals surface area contributed by atoms with Crippen molar-refractivity contribution in [1.29, 1.82) is 0 Å². The van der Waals surface area contributed by atoms with E-state index < -0.39 is 0 Å². The van der Waals surface area contributed by atoms with E-state index in [9.17, 15) is 0 Å². The van der Waals surface area contributed by atoms with Crippen LogP contribution in [0.25, 0.3) is 0 Å². The summed E-state index contributed by atoms with van der Waals surface area (Å²) in [6.07, 6.45) is 0. The van der Waals surface area contributed by atoms with Crippen LogP contribution in [0.4, 0.5) is 0 Å². The molecule has 0 bridgehead atoms. The van der Waals surface area contributed by atoms with Gasteiger partial charge in [-0.2, -0.15) is 0 Å². The predicted octanol–water partition coefficient (Wildman–Crippen LogP) is 0.457. The highest BCUT2D eigenvalue weighted by molar-refractivity contribution is 5.07. The third-order valence-corrected chi connectivity index (χ3v) is 1.08. The zero-order valence-corrected chi connectivity index (χ0v) is 5.78. The Kier molecular flexibility index (Phi) is 2.04. The van der Waals surface area contributed by atoms with Crippen molar-refractivity contribution in [3.05, 3.63) is 12.3 Å². The largest absolute Gasteiger partial charge is 0.390 e. The molecule has 3 N–H and O–H groups in total. The van der Waals surface area contributed by atoms with Gasteiger partial charge in [-0.1, -0.05) is 6.58 Å². The number of likely N-dealkylation sites (N-methyl/N-ethyl adjacent to an activating group) is 1. The summed E-state index contributed by atoms with van der Waals surface area (Å²) in [5.74, 6) is 0. The maximum Gasteiger partial charge on any atom is 0.0494 e. The number of rotatable bonds is 2. The lowest BCUT2D eigenvalue weighted by molar-refractivity contribution is 0.575. The molecule has 0 unspecified atom stereocenters. The van der Waals surface area contributed by atoms with Crippen molar-refractivity contribution in [3.8, 4) is 0 Å². The predicted molar refractivity (Wildman–Crippen MR) is 36.5 cm³/mol. The minimum absolute atomic E-state index is 0.297. The Labute approximate surface area is 50.8 Å². The van der Waals surface area contributed by atoms with Gasteiger partial charge in [-0.3, -0.25) is 0 Å². The molecule has 2 heteroatoms. The molecule has 0 aromatic carbocycles. The summed E-state index contributed by atoms with van der Waals surface area (Å²) in [4.78, 5) is 0. The molecule has 0 atom stereocenters. The van der Waals surface area contributed by atoms with E-state index in [1.165, 1.54) is 0 Å². The van der Waals surface area contributed by atoms with Crippen molar-refractivity contribution in [2.24, 2.45) is 5.73 Å². The first-order valence-electron chi connectivity index (χ1n) is 2.64. The first-order valence-corrected chi connectivity index (χ1v) is 2.64. The summed E-state index contributed by atoms with van der Waals surface area (Å²) < 4.78 is 0. The monoisotopic (exact) mass is 114 g/mol. The van der Waals surface area contributed by atoms with Gasteiger partial charge < -0.3 is 11.1 Å². The Morgan fingerprint density at radius 2 is 2.00 bits per heavy atom. The molecule has 0 amide bonds. The van der Waals surface area contributed by atoms with Gasteiger partial charge >= 0.3 is 0 Å². The molecule has 0 saturated heterocycles. The maximum atomic E-state index is 5.63. The van der Waals surface area contributed by atoms with Gasteiger partial charge in [0.05, 0.1) is 0 Å². The van der Waals surface area contributed by atoms with E-state index in [0.717, 1.165) is 5.70 Å². The second-order valence-electron chi connectivity index (χ2n) is 2.45. The summed E-state index contributed by atoms with van der Waals surface area (Å²) in [6, 6.07) is 0. The van der Waals surface area contributed by atoms with Crippen LogP contribution in [-0.4, -0.2) is 12.6 Å². The molecule has 0 aliphatic rings. The minimum Gasteiger partial charge on any atom is -0.390 e. The summed E-state index contributed by atoms with van der Waals surface area (Å²) in [5, 5.41) is 2.89. The lowest BCUT2D eigenvalue weighted by atomic mass is 10.0. The number of nitrogens with two attached hydrogens (primary N) is 1. The van der Waals surface area contributed by atoms with Gasteiger partial charge in [0.15, 0.2) is 0 Å². The molecule has 48 valence electrons. The van der Waals surface area contributed by atoms with Gasteiger partial charge in [-0.15, -0.1) is 0 Å². The van der Waals surface area contributed by atoms with Crippen LogP contribution >= 0.6 is 0 Å². The Balaban J connectivity index is 3.82. The van der Waals surface area contributed by atoms with Gasteiger partial charge in [-0.05, 0) is 13.8 Å². The fraction of sp³-hybridized carbons (Fsp3) is 0.667. The summed E-state index contributed by atoms with van der Waals surface area (Å²) in [5.41, 5.74) is 6.19. The van der Waals surface area contributed by atoms with Gasteiger partial charge in [0.1, 0.15) is 0 Å². The first-order chi connectivity index (χ1) is 3.48. The Bertz CT molecular complexity index is 89.2. The molecule has 0 radical (unpaired) electrons. The molecule has 8 heavy (non-hydrogen) atoms. The molecule has 0 aromatic rings. The van der Waals surface area contributed by atoms with E-state index >= 15 is 0 Å². The normalized spacial score (nSPS) is 11.0. The molecule has 0 aliphatic heterocycles. The average molecular weight is 114 g/mol. The van der Waals surface area contributed by atoms with Crippen LogP contribution in [0.5, 0.6) is 0 Å². The summed E-state index contributed by atoms with van der Waals surface area (Å²) in [7, 11) is 1.82. The second kappa shape index (κ2) is 2.18. The van der Waals surface area contributed by atoms with Crippen LogP contribution < -0.4 is 11.1 Å². The molecule has 0 aromatic heterocycles. The zero-order chi connectivity index (χ0) is 6.78. The summed E-state index contributed by atoms with van der Waals surface area (Å²) in [6.45, 7) is 7.53. The Morgan fingerprint density at radius 3 is 2.00 bits per heavy atom. The SMILES string of the molecule is C=C(NC)C(C)(C)N. The Morgan fingerprint density at radius 1 is 1.62 bits per heavy atom. The molecular weight excluding hydrogens is 100 g/mol. The third-order valence-electron chi connectivity index (χ3n) is 1.08. The van der Waals surface area contributed by atoms with Gasteiger partial charge in [-0.25, -0.2) is 0 Å². The van der Waals surface area contributed by atoms with Crippen LogP contribution in [0.3, 0.4) is 0 Å². The smallest absolute Gasteiger partial charge is 0.0494 e. The molecular formula is C6H14N2. The van der Waals surface area contributed by atoms with Gasteiger partial charge in [0.2, 0.25) is 0 Å². The third kappa shape index (κ3) is 1.98. The van der Waals surface area contributed by atoms with Crippen LogP contribution in [0.2, 0.25) is 0 Å². The topological polar surface area (TPSA) is 38.0 Å². The highest BCUT2D eigenvalue weighted by Crippen LogP contribution is 2.04. The number of hydrogen-bond donors (Lipinski definition) is 2. The van der Waals surface area contributed by atoms with E-state index in [4.69, 9.17) is 5.73 Å². The van der Waals surface area contributed by atoms with Crippen molar-refractivity contribution in [1.82, 2.24) is 5.32 Å². The maximum absolute atomic E-state index is 5.63. The fourth-order valence-corrected chi connectivity index (χ4v) is 0.322. The molecule has 0 aliphatic carbocycles. The Hall–Kier alpha value is -0.500. The lowest BCUT2D eigenvalue weighted by Gasteiger charge is -2.20. The van der Waals surface area contributed by atoms with Gasteiger partial charge in [0.25, 0.3) is 0 Å².